The molecule has 1 fully saturated rings. The fourth-order valence-corrected chi connectivity index (χ4v) is 5.24. The van der Waals surface area contributed by atoms with Crippen LogP contribution in [0.2, 0.25) is 0 Å². The molecule has 2 N–H and O–H groups in total. The Kier molecular flexibility index (Phi) is 5.86. The van der Waals surface area contributed by atoms with Gasteiger partial charge in [0.05, 0.1) is 10.5 Å². The number of fused-ring (bicyclic) bond motifs is 1. The van der Waals surface area contributed by atoms with E-state index in [4.69, 9.17) is 5.21 Å². The van der Waals surface area contributed by atoms with Crippen molar-refractivity contribution >= 4 is 32.7 Å². The number of anilines is 1. The minimum Gasteiger partial charge on any atom is -0.341 e. The molecule has 0 radical (unpaired) electrons. The number of piperidine rings is 1. The predicted molar refractivity (Wildman–Crippen MR) is 115 cm³/mol. The normalized spacial score (nSPS) is 15.4. The fourth-order valence-electron chi connectivity index (χ4n) is 3.79. The van der Waals surface area contributed by atoms with Gasteiger partial charge in [-0.2, -0.15) is 4.31 Å². The Morgan fingerprint density at radius 3 is 2.39 bits per heavy atom. The Morgan fingerprint density at radius 1 is 1.10 bits per heavy atom. The molecule has 1 aliphatic rings. The molecule has 0 spiro atoms. The molecule has 10 heteroatoms. The van der Waals surface area contributed by atoms with Crippen LogP contribution in [0, 0.1) is 0 Å². The third-order valence-corrected chi connectivity index (χ3v) is 7.57. The summed E-state index contributed by atoms with van der Waals surface area (Å²) >= 11 is 0. The molecule has 31 heavy (non-hydrogen) atoms. The lowest BCUT2D eigenvalue weighted by Crippen LogP contribution is -2.46. The Labute approximate surface area is 180 Å². The van der Waals surface area contributed by atoms with Crippen LogP contribution in [0.1, 0.15) is 23.2 Å². The topological polar surface area (TPSA) is 116 Å². The minimum absolute atomic E-state index is 0.132. The first kappa shape index (κ1) is 21.2. The maximum absolute atomic E-state index is 13.2. The molecule has 2 heterocycles. The molecule has 4 rings (SSSR count). The van der Waals surface area contributed by atoms with Crippen LogP contribution in [0.25, 0.3) is 10.8 Å². The zero-order chi connectivity index (χ0) is 22.0. The molecule has 162 valence electrons. The molecule has 0 atom stereocenters. The maximum atomic E-state index is 13.2. The highest BCUT2D eigenvalue weighted by molar-refractivity contribution is 7.89. The van der Waals surface area contributed by atoms with Gasteiger partial charge < -0.3 is 4.90 Å². The maximum Gasteiger partial charge on any atom is 0.277 e. The fraction of sp³-hybridized carbons (Fsp3) is 0.286. The van der Waals surface area contributed by atoms with Crippen molar-refractivity contribution in [2.75, 3.05) is 25.0 Å². The van der Waals surface area contributed by atoms with Gasteiger partial charge in [0.1, 0.15) is 0 Å². The van der Waals surface area contributed by atoms with Crippen LogP contribution in [0.5, 0.6) is 0 Å². The summed E-state index contributed by atoms with van der Waals surface area (Å²) in [6, 6.07) is 12.7. The van der Waals surface area contributed by atoms with E-state index in [9.17, 15) is 13.2 Å². The molecule has 1 saturated heterocycles. The summed E-state index contributed by atoms with van der Waals surface area (Å²) in [5.41, 5.74) is 1.70. The summed E-state index contributed by atoms with van der Waals surface area (Å²) in [5, 5.41) is 10.6. The average molecular weight is 442 g/mol. The largest absolute Gasteiger partial charge is 0.341 e. The summed E-state index contributed by atoms with van der Waals surface area (Å²) in [6.45, 7) is 1.18. The quantitative estimate of drug-likeness (QED) is 0.460. The Morgan fingerprint density at radius 2 is 1.74 bits per heavy atom. The number of rotatable bonds is 5. The number of amides is 1. The van der Waals surface area contributed by atoms with Crippen molar-refractivity contribution in [2.24, 2.45) is 0 Å². The third kappa shape index (κ3) is 4.22. The van der Waals surface area contributed by atoms with Crippen LogP contribution < -0.4 is 10.4 Å². The molecule has 0 bridgehead atoms. The number of hydrogen-bond donors (Lipinski definition) is 2. The van der Waals surface area contributed by atoms with E-state index >= 15 is 0 Å². The third-order valence-electron chi connectivity index (χ3n) is 5.66. The number of aromatic nitrogens is 2. The molecule has 1 aromatic heterocycles. The van der Waals surface area contributed by atoms with Gasteiger partial charge in [-0.05, 0) is 35.7 Å². The number of benzene rings is 2. The van der Waals surface area contributed by atoms with E-state index in [1.165, 1.54) is 16.7 Å². The van der Waals surface area contributed by atoms with Crippen LogP contribution in [0.15, 0.2) is 59.8 Å². The number of hydroxylamine groups is 1. The number of nitrogens with zero attached hydrogens (tertiary/aromatic N) is 4. The molecular formula is C21H23N5O4S. The van der Waals surface area contributed by atoms with E-state index in [0.29, 0.717) is 31.9 Å². The van der Waals surface area contributed by atoms with Crippen LogP contribution in [0.4, 0.5) is 5.95 Å². The minimum atomic E-state index is -3.61. The summed E-state index contributed by atoms with van der Waals surface area (Å²) in [5.74, 6) is -0.209. The average Bonchev–Trinajstić information content (AvgIpc) is 2.83. The van der Waals surface area contributed by atoms with Gasteiger partial charge in [-0.3, -0.25) is 10.0 Å². The van der Waals surface area contributed by atoms with Crippen molar-refractivity contribution in [3.05, 3.63) is 60.4 Å². The zero-order valence-electron chi connectivity index (χ0n) is 17.0. The highest BCUT2D eigenvalue weighted by atomic mass is 32.2. The second kappa shape index (κ2) is 8.58. The van der Waals surface area contributed by atoms with Crippen molar-refractivity contribution < 1.29 is 18.4 Å². The smallest absolute Gasteiger partial charge is 0.277 e. The van der Waals surface area contributed by atoms with Gasteiger partial charge in [-0.15, -0.1) is 0 Å². The molecule has 3 aromatic rings. The van der Waals surface area contributed by atoms with E-state index in [1.54, 1.807) is 24.7 Å². The Balaban J connectivity index is 1.44. The second-order valence-corrected chi connectivity index (χ2v) is 9.46. The first-order chi connectivity index (χ1) is 14.9. The Bertz CT molecular complexity index is 1190. The SMILES string of the molecule is CN(C1CCN(c2ncc(C(=O)NO)cn2)CC1)S(=O)(=O)c1ccc2ccccc2c1. The second-order valence-electron chi connectivity index (χ2n) is 7.46. The summed E-state index contributed by atoms with van der Waals surface area (Å²) < 4.78 is 27.8. The molecule has 0 aliphatic carbocycles. The van der Waals surface area contributed by atoms with Crippen molar-refractivity contribution in [1.82, 2.24) is 19.8 Å². The van der Waals surface area contributed by atoms with Gasteiger partial charge in [-0.25, -0.2) is 23.9 Å². The summed E-state index contributed by atoms with van der Waals surface area (Å²) in [7, 11) is -1.99. The lowest BCUT2D eigenvalue weighted by Gasteiger charge is -2.36. The van der Waals surface area contributed by atoms with Gasteiger partial charge in [0, 0.05) is 38.6 Å². The van der Waals surface area contributed by atoms with Gasteiger partial charge in [0.25, 0.3) is 5.91 Å². The molecular weight excluding hydrogens is 418 g/mol. The van der Waals surface area contributed by atoms with Crippen LogP contribution in [0.3, 0.4) is 0 Å². The molecule has 2 aromatic carbocycles. The van der Waals surface area contributed by atoms with E-state index in [0.717, 1.165) is 10.8 Å². The van der Waals surface area contributed by atoms with Crippen molar-refractivity contribution in [3.8, 4) is 0 Å². The lowest BCUT2D eigenvalue weighted by atomic mass is 10.1. The number of carbonyl (C=O) groups excluding carboxylic acids is 1. The monoisotopic (exact) mass is 441 g/mol. The highest BCUT2D eigenvalue weighted by Gasteiger charge is 2.31. The summed E-state index contributed by atoms with van der Waals surface area (Å²) in [4.78, 5) is 22.0. The van der Waals surface area contributed by atoms with Crippen molar-refractivity contribution in [3.63, 3.8) is 0 Å². The first-order valence-electron chi connectivity index (χ1n) is 9.88. The Hall–Kier alpha value is -3.08. The first-order valence-corrected chi connectivity index (χ1v) is 11.3. The van der Waals surface area contributed by atoms with Gasteiger partial charge in [0.15, 0.2) is 0 Å². The number of carbonyl (C=O) groups is 1. The number of nitrogens with one attached hydrogen (secondary N) is 1. The highest BCUT2D eigenvalue weighted by Crippen LogP contribution is 2.26. The molecule has 0 unspecified atom stereocenters. The van der Waals surface area contributed by atoms with Gasteiger partial charge >= 0.3 is 0 Å². The van der Waals surface area contributed by atoms with Crippen molar-refractivity contribution in [2.45, 2.75) is 23.8 Å². The molecule has 9 nitrogen and oxygen atoms in total. The van der Waals surface area contributed by atoms with Gasteiger partial charge in [-0.1, -0.05) is 30.3 Å². The van der Waals surface area contributed by atoms with E-state index in [-0.39, 0.29) is 16.5 Å². The van der Waals surface area contributed by atoms with Crippen molar-refractivity contribution in [1.29, 1.82) is 0 Å². The zero-order valence-corrected chi connectivity index (χ0v) is 17.8. The van der Waals surface area contributed by atoms with Crippen LogP contribution in [-0.2, 0) is 10.0 Å². The molecule has 1 aliphatic heterocycles. The van der Waals surface area contributed by atoms with Crippen LogP contribution >= 0.6 is 0 Å². The van der Waals surface area contributed by atoms with Gasteiger partial charge in [0.2, 0.25) is 16.0 Å². The van der Waals surface area contributed by atoms with E-state index in [2.05, 4.69) is 9.97 Å². The summed E-state index contributed by atoms with van der Waals surface area (Å²) in [6.07, 6.45) is 3.95. The predicted octanol–water partition coefficient (Wildman–Crippen LogP) is 2.04. The molecule has 1 amide bonds. The lowest BCUT2D eigenvalue weighted by molar-refractivity contribution is 0.0705. The van der Waals surface area contributed by atoms with E-state index in [1.807, 2.05) is 35.2 Å². The van der Waals surface area contributed by atoms with Crippen LogP contribution in [-0.4, -0.2) is 60.0 Å². The number of sulfonamides is 1. The molecule has 0 saturated carbocycles. The van der Waals surface area contributed by atoms with E-state index < -0.39 is 15.9 Å². The number of hydrogen-bond acceptors (Lipinski definition) is 7. The standard InChI is InChI=1S/C21H23N5O4S/c1-25(31(29,30)19-7-6-15-4-2-3-5-16(15)12-19)18-8-10-26(11-9-18)21-22-13-17(14-23-21)20(27)24-28/h2-7,12-14,18,28H,8-11H2,1H3,(H,24,27).